The van der Waals surface area contributed by atoms with Crippen molar-refractivity contribution in [1.29, 1.82) is 0 Å². The molecule has 0 aromatic heterocycles. The number of rotatable bonds is 0. The number of hydrogen-bond donors (Lipinski definition) is 1. The molecule has 1 aromatic carbocycles. The van der Waals surface area contributed by atoms with E-state index in [4.69, 9.17) is 0 Å². The van der Waals surface area contributed by atoms with Crippen LogP contribution in [0.2, 0.25) is 0 Å². The van der Waals surface area contributed by atoms with Gasteiger partial charge in [0.05, 0.1) is 12.0 Å². The van der Waals surface area contributed by atoms with Crippen LogP contribution in [0.4, 0.5) is 10.1 Å². The molecule has 0 radical (unpaired) electrons. The fraction of sp³-hybridized carbons (Fsp3) is 0.100. The van der Waals surface area contributed by atoms with Crippen LogP contribution in [-0.4, -0.2) is 6.34 Å². The van der Waals surface area contributed by atoms with Crippen LogP contribution in [0.5, 0.6) is 0 Å². The Hall–Kier alpha value is -1.64. The third-order valence-electron chi connectivity index (χ3n) is 2.04. The second-order valence-electron chi connectivity index (χ2n) is 3.00. The summed E-state index contributed by atoms with van der Waals surface area (Å²) in [6.45, 7) is 5.52. The number of halogens is 1. The second-order valence-corrected chi connectivity index (χ2v) is 3.00. The second kappa shape index (κ2) is 2.69. The summed E-state index contributed by atoms with van der Waals surface area (Å²) in [7, 11) is 0. The summed E-state index contributed by atoms with van der Waals surface area (Å²) in [6.07, 6.45) is 1.51. The van der Waals surface area contributed by atoms with E-state index in [0.717, 1.165) is 11.3 Å². The first kappa shape index (κ1) is 7.98. The molecule has 1 heterocycles. The molecule has 0 bridgehead atoms. The molecular weight excluding hydrogens is 167 g/mol. The monoisotopic (exact) mass is 176 g/mol. The molecule has 0 fully saturated rings. The van der Waals surface area contributed by atoms with Crippen molar-refractivity contribution in [1.82, 2.24) is 5.32 Å². The lowest BCUT2D eigenvalue weighted by molar-refractivity contribution is 0.618. The Kier molecular flexibility index (Phi) is 1.65. The lowest BCUT2D eigenvalue weighted by atomic mass is 10.1. The molecule has 0 spiro atoms. The summed E-state index contributed by atoms with van der Waals surface area (Å²) in [4.78, 5) is 4.01. The normalized spacial score (nSPS) is 13.8. The summed E-state index contributed by atoms with van der Waals surface area (Å²) < 4.78 is 13.1. The number of aryl methyl sites for hydroxylation is 1. The molecule has 1 aliphatic rings. The fourth-order valence-corrected chi connectivity index (χ4v) is 1.28. The van der Waals surface area contributed by atoms with Gasteiger partial charge in [-0.15, -0.1) is 0 Å². The van der Waals surface area contributed by atoms with Crippen LogP contribution in [0.25, 0.3) is 5.70 Å². The van der Waals surface area contributed by atoms with Gasteiger partial charge in [0.25, 0.3) is 0 Å². The molecule has 0 saturated carbocycles. The summed E-state index contributed by atoms with van der Waals surface area (Å²) in [5.41, 5.74) is 2.86. The first-order valence-electron chi connectivity index (χ1n) is 3.97. The van der Waals surface area contributed by atoms with Gasteiger partial charge in [-0.25, -0.2) is 9.38 Å². The molecule has 0 atom stereocenters. The number of fused-ring (bicyclic) bond motifs is 1. The Bertz CT molecular complexity index is 408. The molecule has 2 rings (SSSR count). The summed E-state index contributed by atoms with van der Waals surface area (Å²) in [6, 6.07) is 3.17. The molecule has 2 nitrogen and oxygen atoms in total. The highest BCUT2D eigenvalue weighted by molar-refractivity contribution is 5.86. The van der Waals surface area contributed by atoms with Gasteiger partial charge in [-0.3, -0.25) is 0 Å². The van der Waals surface area contributed by atoms with Gasteiger partial charge in [0.2, 0.25) is 0 Å². The lowest BCUT2D eigenvalue weighted by Gasteiger charge is -2.14. The highest BCUT2D eigenvalue weighted by atomic mass is 19.1. The van der Waals surface area contributed by atoms with Gasteiger partial charge < -0.3 is 5.32 Å². The number of aliphatic imine (C=N–C) groups is 1. The van der Waals surface area contributed by atoms with Crippen molar-refractivity contribution in [3.8, 4) is 0 Å². The van der Waals surface area contributed by atoms with E-state index in [1.807, 2.05) is 0 Å². The van der Waals surface area contributed by atoms with Crippen LogP contribution in [0.3, 0.4) is 0 Å². The fourth-order valence-electron chi connectivity index (χ4n) is 1.28. The third kappa shape index (κ3) is 1.22. The molecule has 13 heavy (non-hydrogen) atoms. The van der Waals surface area contributed by atoms with Crippen LogP contribution >= 0.6 is 0 Å². The van der Waals surface area contributed by atoms with Gasteiger partial charge in [0.1, 0.15) is 5.82 Å². The highest BCUT2D eigenvalue weighted by Crippen LogP contribution is 2.28. The van der Waals surface area contributed by atoms with E-state index in [9.17, 15) is 4.39 Å². The van der Waals surface area contributed by atoms with Gasteiger partial charge in [0, 0.05) is 17.3 Å². The first-order valence-corrected chi connectivity index (χ1v) is 3.97. The Labute approximate surface area is 75.8 Å². The zero-order valence-corrected chi connectivity index (χ0v) is 7.26. The van der Waals surface area contributed by atoms with E-state index in [2.05, 4.69) is 16.9 Å². The minimum Gasteiger partial charge on any atom is -0.346 e. The van der Waals surface area contributed by atoms with Crippen molar-refractivity contribution < 1.29 is 4.39 Å². The Balaban J connectivity index is 2.67. The topological polar surface area (TPSA) is 24.4 Å². The minimum absolute atomic E-state index is 0.231. The zero-order valence-electron chi connectivity index (χ0n) is 7.26. The standard InChI is InChI=1S/C10H9FN2/c1-6-3-8-7(2)12-5-13-10(8)4-9(6)11/h3-5H,2H2,1H3,(H,12,13). The maximum absolute atomic E-state index is 13.1. The predicted molar refractivity (Wildman–Crippen MR) is 51.5 cm³/mol. The zero-order chi connectivity index (χ0) is 9.42. The average molecular weight is 176 g/mol. The Morgan fingerprint density at radius 2 is 2.23 bits per heavy atom. The molecule has 0 aliphatic carbocycles. The molecule has 66 valence electrons. The molecule has 0 amide bonds. The predicted octanol–water partition coefficient (Wildman–Crippen LogP) is 2.37. The molecule has 3 heteroatoms. The quantitative estimate of drug-likeness (QED) is 0.644. The maximum Gasteiger partial charge on any atom is 0.128 e. The van der Waals surface area contributed by atoms with Gasteiger partial charge in [-0.2, -0.15) is 0 Å². The molecule has 1 aliphatic heterocycles. The van der Waals surface area contributed by atoms with Crippen molar-refractivity contribution in [2.45, 2.75) is 6.92 Å². The summed E-state index contributed by atoms with van der Waals surface area (Å²) >= 11 is 0. The van der Waals surface area contributed by atoms with Gasteiger partial charge in [0.15, 0.2) is 0 Å². The van der Waals surface area contributed by atoms with Gasteiger partial charge in [-0.05, 0) is 18.6 Å². The molecule has 1 N–H and O–H groups in total. The summed E-state index contributed by atoms with van der Waals surface area (Å²) in [5, 5.41) is 2.88. The van der Waals surface area contributed by atoms with Crippen LogP contribution in [0.1, 0.15) is 11.1 Å². The van der Waals surface area contributed by atoms with E-state index in [1.54, 1.807) is 13.0 Å². The number of nitrogens with zero attached hydrogens (tertiary/aromatic N) is 1. The molecular formula is C10H9FN2. The average Bonchev–Trinajstić information content (AvgIpc) is 2.09. The molecule has 0 saturated heterocycles. The SMILES string of the molecule is C=C1NC=Nc2cc(F)c(C)cc21. The minimum atomic E-state index is -0.231. The largest absolute Gasteiger partial charge is 0.346 e. The number of nitrogens with one attached hydrogen (secondary N) is 1. The van der Waals surface area contributed by atoms with Gasteiger partial charge >= 0.3 is 0 Å². The highest BCUT2D eigenvalue weighted by Gasteiger charge is 2.11. The van der Waals surface area contributed by atoms with E-state index in [1.165, 1.54) is 12.4 Å². The van der Waals surface area contributed by atoms with Crippen LogP contribution in [0, 0.1) is 12.7 Å². The van der Waals surface area contributed by atoms with Crippen LogP contribution < -0.4 is 5.32 Å². The van der Waals surface area contributed by atoms with Crippen LogP contribution in [0.15, 0.2) is 23.7 Å². The van der Waals surface area contributed by atoms with E-state index in [0.29, 0.717) is 11.3 Å². The lowest BCUT2D eigenvalue weighted by Crippen LogP contribution is -2.12. The number of benzene rings is 1. The van der Waals surface area contributed by atoms with E-state index >= 15 is 0 Å². The van der Waals surface area contributed by atoms with Crippen molar-refractivity contribution >= 4 is 17.7 Å². The van der Waals surface area contributed by atoms with Crippen LogP contribution in [-0.2, 0) is 0 Å². The first-order chi connectivity index (χ1) is 6.18. The number of hydrogen-bond acceptors (Lipinski definition) is 2. The Morgan fingerprint density at radius 3 is 3.00 bits per heavy atom. The molecule has 0 unspecified atom stereocenters. The summed E-state index contributed by atoms with van der Waals surface area (Å²) in [5.74, 6) is -0.231. The van der Waals surface area contributed by atoms with Crippen molar-refractivity contribution in [2.24, 2.45) is 4.99 Å². The van der Waals surface area contributed by atoms with E-state index < -0.39 is 0 Å². The smallest absolute Gasteiger partial charge is 0.128 e. The van der Waals surface area contributed by atoms with Crippen molar-refractivity contribution in [3.63, 3.8) is 0 Å². The van der Waals surface area contributed by atoms with Crippen molar-refractivity contribution in [3.05, 3.63) is 35.7 Å². The molecule has 1 aromatic rings. The third-order valence-corrected chi connectivity index (χ3v) is 2.04. The Morgan fingerprint density at radius 1 is 1.46 bits per heavy atom. The van der Waals surface area contributed by atoms with Crippen molar-refractivity contribution in [2.75, 3.05) is 0 Å². The maximum atomic E-state index is 13.1. The van der Waals surface area contributed by atoms with Gasteiger partial charge in [-0.1, -0.05) is 6.58 Å². The van der Waals surface area contributed by atoms with E-state index in [-0.39, 0.29) is 5.82 Å².